The number of aryl methyl sites for hydroxylation is 2. The first-order chi connectivity index (χ1) is 14.4. The molecule has 1 aromatic carbocycles. The summed E-state index contributed by atoms with van der Waals surface area (Å²) < 4.78 is 15.5. The Hall–Kier alpha value is -3.20. The van der Waals surface area contributed by atoms with Crippen molar-refractivity contribution in [3.63, 3.8) is 0 Å². The highest BCUT2D eigenvalue weighted by molar-refractivity contribution is 7.16. The number of esters is 1. The van der Waals surface area contributed by atoms with Crippen LogP contribution in [-0.4, -0.2) is 35.7 Å². The molecule has 0 atom stereocenters. The van der Waals surface area contributed by atoms with Crippen molar-refractivity contribution in [1.29, 1.82) is 0 Å². The van der Waals surface area contributed by atoms with Gasteiger partial charge >= 0.3 is 5.97 Å². The van der Waals surface area contributed by atoms with E-state index >= 15 is 0 Å². The maximum atomic E-state index is 12.4. The number of nitrogens with one attached hydrogen (secondary N) is 1. The zero-order chi connectivity index (χ0) is 21.7. The molecule has 0 unspecified atom stereocenters. The number of ether oxygens (including phenoxy) is 2. The molecule has 9 heteroatoms. The molecule has 3 rings (SSSR count). The van der Waals surface area contributed by atoms with E-state index in [4.69, 9.17) is 14.0 Å². The number of anilines is 1. The van der Waals surface area contributed by atoms with Crippen molar-refractivity contribution in [2.75, 3.05) is 19.0 Å². The molecule has 1 N–H and O–H groups in total. The maximum Gasteiger partial charge on any atom is 0.341 e. The number of methoxy groups -OCH3 is 1. The Morgan fingerprint density at radius 2 is 1.93 bits per heavy atom. The molecule has 2 aromatic heterocycles. The molecule has 1 amide bonds. The predicted molar refractivity (Wildman–Crippen MR) is 113 cm³/mol. The van der Waals surface area contributed by atoms with E-state index in [1.807, 2.05) is 45.0 Å². The zero-order valence-corrected chi connectivity index (χ0v) is 18.1. The molecule has 0 radical (unpaired) electrons. The van der Waals surface area contributed by atoms with Crippen LogP contribution >= 0.6 is 11.3 Å². The van der Waals surface area contributed by atoms with Crippen LogP contribution in [0.1, 0.15) is 40.0 Å². The van der Waals surface area contributed by atoms with Gasteiger partial charge in [0.05, 0.1) is 19.3 Å². The van der Waals surface area contributed by atoms with E-state index in [9.17, 15) is 9.59 Å². The molecule has 0 spiro atoms. The van der Waals surface area contributed by atoms with Crippen molar-refractivity contribution in [3.8, 4) is 17.1 Å². The van der Waals surface area contributed by atoms with Gasteiger partial charge in [0.25, 0.3) is 0 Å². The van der Waals surface area contributed by atoms with Crippen LogP contribution in [-0.2, 0) is 16.0 Å². The number of aromatic nitrogens is 2. The molecule has 0 saturated heterocycles. The number of rotatable bonds is 8. The quantitative estimate of drug-likeness (QED) is 0.536. The highest BCUT2D eigenvalue weighted by Crippen LogP contribution is 2.33. The van der Waals surface area contributed by atoms with Gasteiger partial charge in [-0.1, -0.05) is 5.16 Å². The number of thiophene rings is 1. The lowest BCUT2D eigenvalue weighted by molar-refractivity contribution is -0.116. The Morgan fingerprint density at radius 3 is 2.60 bits per heavy atom. The third-order valence-electron chi connectivity index (χ3n) is 4.49. The normalized spacial score (nSPS) is 10.7. The first-order valence-electron chi connectivity index (χ1n) is 9.46. The molecule has 0 saturated carbocycles. The van der Waals surface area contributed by atoms with E-state index < -0.39 is 5.97 Å². The number of amides is 1. The van der Waals surface area contributed by atoms with Gasteiger partial charge in [0.15, 0.2) is 0 Å². The van der Waals surface area contributed by atoms with Gasteiger partial charge in [0.1, 0.15) is 10.8 Å². The number of benzene rings is 1. The van der Waals surface area contributed by atoms with Crippen LogP contribution in [0.3, 0.4) is 0 Å². The van der Waals surface area contributed by atoms with Crippen LogP contribution in [0.2, 0.25) is 0 Å². The molecule has 0 bridgehead atoms. The minimum absolute atomic E-state index is 0.140. The van der Waals surface area contributed by atoms with Gasteiger partial charge < -0.3 is 19.3 Å². The largest absolute Gasteiger partial charge is 0.494 e. The molecule has 158 valence electrons. The van der Waals surface area contributed by atoms with Gasteiger partial charge in [-0.2, -0.15) is 4.98 Å². The first-order valence-corrected chi connectivity index (χ1v) is 10.3. The predicted octanol–water partition coefficient (Wildman–Crippen LogP) is 4.17. The second-order valence-corrected chi connectivity index (χ2v) is 7.72. The van der Waals surface area contributed by atoms with E-state index in [1.165, 1.54) is 18.4 Å². The van der Waals surface area contributed by atoms with Gasteiger partial charge in [-0.05, 0) is 50.6 Å². The van der Waals surface area contributed by atoms with E-state index in [0.29, 0.717) is 28.9 Å². The van der Waals surface area contributed by atoms with Crippen molar-refractivity contribution in [2.24, 2.45) is 0 Å². The third-order valence-corrected chi connectivity index (χ3v) is 5.61. The van der Waals surface area contributed by atoms with Crippen molar-refractivity contribution >= 4 is 28.2 Å². The van der Waals surface area contributed by atoms with Crippen LogP contribution in [0, 0.1) is 13.8 Å². The molecular formula is C21H23N3O5S. The topological polar surface area (TPSA) is 104 Å². The van der Waals surface area contributed by atoms with Crippen LogP contribution in [0.25, 0.3) is 11.4 Å². The Bertz CT molecular complexity index is 1040. The van der Waals surface area contributed by atoms with Gasteiger partial charge in [-0.15, -0.1) is 11.3 Å². The Kier molecular flexibility index (Phi) is 6.83. The number of hydrogen-bond donors (Lipinski definition) is 1. The fraction of sp³-hybridized carbons (Fsp3) is 0.333. The lowest BCUT2D eigenvalue weighted by Crippen LogP contribution is -2.14. The Labute approximate surface area is 178 Å². The molecule has 0 aliphatic heterocycles. The fourth-order valence-corrected chi connectivity index (χ4v) is 3.88. The molecule has 8 nitrogen and oxygen atoms in total. The molecule has 30 heavy (non-hydrogen) atoms. The average molecular weight is 429 g/mol. The lowest BCUT2D eigenvalue weighted by atomic mass is 10.1. The summed E-state index contributed by atoms with van der Waals surface area (Å²) in [5.74, 6) is 0.866. The summed E-state index contributed by atoms with van der Waals surface area (Å²) in [6.07, 6.45) is 0.425. The highest BCUT2D eigenvalue weighted by atomic mass is 32.1. The van der Waals surface area contributed by atoms with E-state index in [-0.39, 0.29) is 18.7 Å². The minimum atomic E-state index is -0.468. The molecule has 2 heterocycles. The summed E-state index contributed by atoms with van der Waals surface area (Å²) in [6, 6.07) is 7.38. The molecular weight excluding hydrogens is 406 g/mol. The monoisotopic (exact) mass is 429 g/mol. The molecule has 0 fully saturated rings. The highest BCUT2D eigenvalue weighted by Gasteiger charge is 2.21. The summed E-state index contributed by atoms with van der Waals surface area (Å²) in [5, 5.41) is 7.25. The summed E-state index contributed by atoms with van der Waals surface area (Å²) in [7, 11) is 1.32. The fourth-order valence-electron chi connectivity index (χ4n) is 2.81. The molecule has 0 aliphatic rings. The number of hydrogen-bond acceptors (Lipinski definition) is 8. The smallest absolute Gasteiger partial charge is 0.341 e. The van der Waals surface area contributed by atoms with Crippen LogP contribution in [0.4, 0.5) is 5.00 Å². The second-order valence-electron chi connectivity index (χ2n) is 6.50. The number of carbonyl (C=O) groups excluding carboxylic acids is 2. The summed E-state index contributed by atoms with van der Waals surface area (Å²) in [5.41, 5.74) is 1.99. The molecule has 3 aromatic rings. The molecule has 0 aliphatic carbocycles. The summed E-state index contributed by atoms with van der Waals surface area (Å²) in [4.78, 5) is 29.7. The van der Waals surface area contributed by atoms with E-state index in [1.54, 1.807) is 0 Å². The maximum absolute atomic E-state index is 12.4. The van der Waals surface area contributed by atoms with E-state index in [2.05, 4.69) is 15.5 Å². The minimum Gasteiger partial charge on any atom is -0.494 e. The zero-order valence-electron chi connectivity index (χ0n) is 17.3. The van der Waals surface area contributed by atoms with Crippen LogP contribution in [0.15, 0.2) is 28.8 Å². The van der Waals surface area contributed by atoms with Crippen LogP contribution < -0.4 is 10.1 Å². The lowest BCUT2D eigenvalue weighted by Gasteiger charge is -2.05. The van der Waals surface area contributed by atoms with Crippen LogP contribution in [0.5, 0.6) is 5.75 Å². The standard InChI is InChI=1S/C21H23N3O5S/c1-5-28-15-8-6-14(7-9-15)19-23-17(29-24-19)11-10-16(25)22-20-18(21(26)27-4)12(2)13(3)30-20/h6-9H,5,10-11H2,1-4H3,(H,22,25). The van der Waals surface area contributed by atoms with Crippen molar-refractivity contribution in [1.82, 2.24) is 10.1 Å². The number of nitrogens with zero attached hydrogens (tertiary/aromatic N) is 2. The van der Waals surface area contributed by atoms with Crippen molar-refractivity contribution in [2.45, 2.75) is 33.6 Å². The number of carbonyl (C=O) groups is 2. The van der Waals surface area contributed by atoms with Gasteiger partial charge in [-0.25, -0.2) is 4.79 Å². The summed E-state index contributed by atoms with van der Waals surface area (Å²) >= 11 is 1.35. The van der Waals surface area contributed by atoms with Gasteiger partial charge in [0, 0.05) is 23.3 Å². The van der Waals surface area contributed by atoms with E-state index in [0.717, 1.165) is 21.8 Å². The second kappa shape index (κ2) is 9.53. The SMILES string of the molecule is CCOc1ccc(-c2noc(CCC(=O)Nc3sc(C)c(C)c3C(=O)OC)n2)cc1. The van der Waals surface area contributed by atoms with Crippen molar-refractivity contribution < 1.29 is 23.6 Å². The summed E-state index contributed by atoms with van der Waals surface area (Å²) in [6.45, 7) is 6.24. The van der Waals surface area contributed by atoms with Gasteiger partial charge in [0.2, 0.25) is 17.6 Å². The van der Waals surface area contributed by atoms with Gasteiger partial charge in [-0.3, -0.25) is 4.79 Å². The third kappa shape index (κ3) is 4.85. The average Bonchev–Trinajstić information content (AvgIpc) is 3.31. The Balaban J connectivity index is 1.61. The first kappa shape index (κ1) is 21.5. The van der Waals surface area contributed by atoms with Crippen molar-refractivity contribution in [3.05, 3.63) is 46.2 Å². The Morgan fingerprint density at radius 1 is 1.20 bits per heavy atom.